The molecule has 3 nitrogen and oxygen atoms in total. The SMILES string of the molecule is CCC(NCCc1ccncc1)c1ccccc1O. The Balaban J connectivity index is 1.92. The molecule has 2 rings (SSSR count). The molecule has 0 bridgehead atoms. The first-order chi connectivity index (χ1) is 9.31. The molecule has 0 saturated heterocycles. The van der Waals surface area contributed by atoms with Crippen molar-refractivity contribution in [2.24, 2.45) is 0 Å². The largest absolute Gasteiger partial charge is 0.508 e. The van der Waals surface area contributed by atoms with Gasteiger partial charge in [0.15, 0.2) is 0 Å². The van der Waals surface area contributed by atoms with Crippen LogP contribution in [-0.4, -0.2) is 16.6 Å². The fraction of sp³-hybridized carbons (Fsp3) is 0.312. The lowest BCUT2D eigenvalue weighted by Crippen LogP contribution is -2.23. The highest BCUT2D eigenvalue weighted by Crippen LogP contribution is 2.25. The van der Waals surface area contributed by atoms with Crippen molar-refractivity contribution in [3.8, 4) is 5.75 Å². The molecular weight excluding hydrogens is 236 g/mol. The van der Waals surface area contributed by atoms with Crippen LogP contribution >= 0.6 is 0 Å². The van der Waals surface area contributed by atoms with Gasteiger partial charge in [-0.25, -0.2) is 0 Å². The molecule has 1 unspecified atom stereocenters. The maximum atomic E-state index is 9.88. The molecule has 1 aromatic heterocycles. The fourth-order valence-corrected chi connectivity index (χ4v) is 2.20. The van der Waals surface area contributed by atoms with Crippen LogP contribution in [0.1, 0.15) is 30.5 Å². The molecule has 0 spiro atoms. The van der Waals surface area contributed by atoms with Crippen LogP contribution in [0.25, 0.3) is 0 Å². The van der Waals surface area contributed by atoms with Gasteiger partial charge in [-0.2, -0.15) is 0 Å². The van der Waals surface area contributed by atoms with E-state index in [2.05, 4.69) is 17.2 Å². The molecule has 0 fully saturated rings. The first-order valence-electron chi connectivity index (χ1n) is 6.71. The van der Waals surface area contributed by atoms with Gasteiger partial charge in [-0.3, -0.25) is 4.98 Å². The monoisotopic (exact) mass is 256 g/mol. The van der Waals surface area contributed by atoms with E-state index in [1.807, 2.05) is 42.7 Å². The zero-order valence-corrected chi connectivity index (χ0v) is 11.2. The molecule has 19 heavy (non-hydrogen) atoms. The van der Waals surface area contributed by atoms with Crippen LogP contribution in [0.15, 0.2) is 48.8 Å². The van der Waals surface area contributed by atoms with E-state index in [0.717, 1.165) is 24.9 Å². The maximum Gasteiger partial charge on any atom is 0.120 e. The predicted molar refractivity (Wildman–Crippen MR) is 77.1 cm³/mol. The van der Waals surface area contributed by atoms with Gasteiger partial charge in [0, 0.05) is 24.0 Å². The zero-order valence-electron chi connectivity index (χ0n) is 11.2. The van der Waals surface area contributed by atoms with Crippen molar-refractivity contribution < 1.29 is 5.11 Å². The molecule has 0 aliphatic carbocycles. The second-order valence-electron chi connectivity index (χ2n) is 4.58. The van der Waals surface area contributed by atoms with E-state index in [1.54, 1.807) is 6.07 Å². The minimum atomic E-state index is 0.197. The second-order valence-corrected chi connectivity index (χ2v) is 4.58. The lowest BCUT2D eigenvalue weighted by atomic mass is 10.0. The molecule has 0 radical (unpaired) electrons. The molecule has 0 amide bonds. The van der Waals surface area contributed by atoms with Gasteiger partial charge < -0.3 is 10.4 Å². The molecule has 1 atom stereocenters. The summed E-state index contributed by atoms with van der Waals surface area (Å²) in [5.41, 5.74) is 2.24. The van der Waals surface area contributed by atoms with Crippen LogP contribution < -0.4 is 5.32 Å². The summed E-state index contributed by atoms with van der Waals surface area (Å²) in [5.74, 6) is 0.366. The summed E-state index contributed by atoms with van der Waals surface area (Å²) < 4.78 is 0. The average Bonchev–Trinajstić information content (AvgIpc) is 2.46. The standard InChI is InChI=1S/C16H20N2O/c1-2-15(14-5-3-4-6-16(14)19)18-12-9-13-7-10-17-11-8-13/h3-8,10-11,15,18-19H,2,9,12H2,1H3. The van der Waals surface area contributed by atoms with Crippen LogP contribution in [0, 0.1) is 0 Å². The minimum absolute atomic E-state index is 0.197. The topological polar surface area (TPSA) is 45.2 Å². The van der Waals surface area contributed by atoms with Crippen molar-refractivity contribution in [3.05, 3.63) is 59.9 Å². The maximum absolute atomic E-state index is 9.88. The number of benzene rings is 1. The Morgan fingerprint density at radius 3 is 2.58 bits per heavy atom. The molecule has 0 aliphatic rings. The summed E-state index contributed by atoms with van der Waals surface area (Å²) in [7, 11) is 0. The van der Waals surface area contributed by atoms with Crippen molar-refractivity contribution in [3.63, 3.8) is 0 Å². The Labute approximate surface area is 114 Å². The number of nitrogens with one attached hydrogen (secondary N) is 1. The number of aromatic nitrogens is 1. The minimum Gasteiger partial charge on any atom is -0.508 e. The summed E-state index contributed by atoms with van der Waals surface area (Å²) in [4.78, 5) is 4.01. The quantitative estimate of drug-likeness (QED) is 0.835. The third kappa shape index (κ3) is 3.80. The fourth-order valence-electron chi connectivity index (χ4n) is 2.20. The lowest BCUT2D eigenvalue weighted by Gasteiger charge is -2.18. The van der Waals surface area contributed by atoms with Gasteiger partial charge in [-0.05, 0) is 43.1 Å². The molecule has 1 heterocycles. The molecule has 0 aliphatic heterocycles. The van der Waals surface area contributed by atoms with Gasteiger partial charge in [0.1, 0.15) is 5.75 Å². The van der Waals surface area contributed by atoms with E-state index in [-0.39, 0.29) is 6.04 Å². The lowest BCUT2D eigenvalue weighted by molar-refractivity contribution is 0.442. The zero-order chi connectivity index (χ0) is 13.5. The normalized spacial score (nSPS) is 12.3. The van der Waals surface area contributed by atoms with E-state index >= 15 is 0 Å². The van der Waals surface area contributed by atoms with Crippen molar-refractivity contribution in [2.75, 3.05) is 6.54 Å². The summed E-state index contributed by atoms with van der Waals surface area (Å²) in [5, 5.41) is 13.4. The van der Waals surface area contributed by atoms with Gasteiger partial charge in [0.2, 0.25) is 0 Å². The summed E-state index contributed by atoms with van der Waals surface area (Å²) in [6.45, 7) is 3.01. The van der Waals surface area contributed by atoms with Gasteiger partial charge in [-0.15, -0.1) is 0 Å². The number of phenols is 1. The third-order valence-electron chi connectivity index (χ3n) is 3.27. The smallest absolute Gasteiger partial charge is 0.120 e. The number of aromatic hydroxyl groups is 1. The average molecular weight is 256 g/mol. The Kier molecular flexibility index (Phi) is 4.93. The molecule has 3 heteroatoms. The Bertz CT molecular complexity index is 499. The third-order valence-corrected chi connectivity index (χ3v) is 3.27. The Morgan fingerprint density at radius 1 is 1.16 bits per heavy atom. The number of para-hydroxylation sites is 1. The number of nitrogens with zero attached hydrogens (tertiary/aromatic N) is 1. The van der Waals surface area contributed by atoms with Gasteiger partial charge in [0.25, 0.3) is 0 Å². The number of hydrogen-bond donors (Lipinski definition) is 2. The molecule has 100 valence electrons. The molecular formula is C16H20N2O. The highest BCUT2D eigenvalue weighted by atomic mass is 16.3. The number of phenolic OH excluding ortho intramolecular Hbond substituents is 1. The first-order valence-corrected chi connectivity index (χ1v) is 6.71. The van der Waals surface area contributed by atoms with Gasteiger partial charge in [0.05, 0.1) is 0 Å². The summed E-state index contributed by atoms with van der Waals surface area (Å²) >= 11 is 0. The van der Waals surface area contributed by atoms with Gasteiger partial charge >= 0.3 is 0 Å². The number of pyridine rings is 1. The molecule has 2 aromatic rings. The van der Waals surface area contributed by atoms with E-state index in [4.69, 9.17) is 0 Å². The van der Waals surface area contributed by atoms with Crippen LogP contribution in [-0.2, 0) is 6.42 Å². The van der Waals surface area contributed by atoms with E-state index in [0.29, 0.717) is 5.75 Å². The Hall–Kier alpha value is -1.87. The number of hydrogen-bond acceptors (Lipinski definition) is 3. The van der Waals surface area contributed by atoms with Crippen LogP contribution in [0.2, 0.25) is 0 Å². The van der Waals surface area contributed by atoms with Gasteiger partial charge in [-0.1, -0.05) is 25.1 Å². The Morgan fingerprint density at radius 2 is 1.89 bits per heavy atom. The summed E-state index contributed by atoms with van der Waals surface area (Å²) in [6.07, 6.45) is 5.55. The van der Waals surface area contributed by atoms with Crippen LogP contribution in [0.3, 0.4) is 0 Å². The van der Waals surface area contributed by atoms with Crippen molar-refractivity contribution >= 4 is 0 Å². The van der Waals surface area contributed by atoms with E-state index < -0.39 is 0 Å². The van der Waals surface area contributed by atoms with Crippen molar-refractivity contribution in [1.82, 2.24) is 10.3 Å². The second kappa shape index (κ2) is 6.90. The molecule has 0 saturated carbocycles. The number of rotatable bonds is 6. The van der Waals surface area contributed by atoms with E-state index in [1.165, 1.54) is 5.56 Å². The highest BCUT2D eigenvalue weighted by molar-refractivity contribution is 5.34. The van der Waals surface area contributed by atoms with Crippen LogP contribution in [0.5, 0.6) is 5.75 Å². The highest BCUT2D eigenvalue weighted by Gasteiger charge is 2.11. The molecule has 2 N–H and O–H groups in total. The predicted octanol–water partition coefficient (Wildman–Crippen LogP) is 3.07. The van der Waals surface area contributed by atoms with E-state index in [9.17, 15) is 5.11 Å². The van der Waals surface area contributed by atoms with Crippen molar-refractivity contribution in [1.29, 1.82) is 0 Å². The summed E-state index contributed by atoms with van der Waals surface area (Å²) in [6, 6.07) is 11.8. The first kappa shape index (κ1) is 13.6. The van der Waals surface area contributed by atoms with Crippen molar-refractivity contribution in [2.45, 2.75) is 25.8 Å². The van der Waals surface area contributed by atoms with Crippen LogP contribution in [0.4, 0.5) is 0 Å². The molecule has 1 aromatic carbocycles.